The van der Waals surface area contributed by atoms with Gasteiger partial charge in [-0.1, -0.05) is 6.92 Å². The summed E-state index contributed by atoms with van der Waals surface area (Å²) in [5.74, 6) is 0.828. The first-order valence-corrected chi connectivity index (χ1v) is 7.09. The predicted octanol–water partition coefficient (Wildman–Crippen LogP) is 1.93. The zero-order valence-electron chi connectivity index (χ0n) is 11.8. The molecule has 1 aliphatic rings. The lowest BCUT2D eigenvalue weighted by atomic mass is 9.98. The molecule has 0 aromatic carbocycles. The van der Waals surface area contributed by atoms with Gasteiger partial charge >= 0.3 is 0 Å². The maximum atomic E-state index is 11.9. The molecule has 1 aliphatic heterocycles. The minimum atomic E-state index is -0.0142. The summed E-state index contributed by atoms with van der Waals surface area (Å²) in [4.78, 5) is 18.3. The number of hydrogen-bond acceptors (Lipinski definition) is 3. The van der Waals surface area contributed by atoms with E-state index in [1.807, 2.05) is 0 Å². The van der Waals surface area contributed by atoms with Gasteiger partial charge in [-0.25, -0.2) is 0 Å². The molecule has 19 heavy (non-hydrogen) atoms. The fraction of sp³-hybridized carbons (Fsp3) is 0.600. The van der Waals surface area contributed by atoms with Crippen LogP contribution in [0.5, 0.6) is 0 Å². The van der Waals surface area contributed by atoms with Crippen molar-refractivity contribution >= 4 is 5.91 Å². The second-order valence-electron chi connectivity index (χ2n) is 5.51. The van der Waals surface area contributed by atoms with E-state index >= 15 is 0 Å². The van der Waals surface area contributed by atoms with Crippen LogP contribution in [0.25, 0.3) is 0 Å². The summed E-state index contributed by atoms with van der Waals surface area (Å²) in [6.45, 7) is 7.49. The van der Waals surface area contributed by atoms with Crippen molar-refractivity contribution in [1.82, 2.24) is 15.2 Å². The summed E-state index contributed by atoms with van der Waals surface area (Å²) in [7, 11) is 0. The molecule has 0 aliphatic carbocycles. The minimum Gasteiger partial charge on any atom is -0.350 e. The molecule has 4 heteroatoms. The van der Waals surface area contributed by atoms with E-state index in [-0.39, 0.29) is 5.91 Å². The standard InChI is InChI=1S/C15H23N3O/c1-12-5-9-18(10-6-12)13(2)11-17-15(19)14-3-7-16-8-4-14/h3-4,7-8,12-13H,5-6,9-11H2,1-2H3,(H,17,19). The lowest BCUT2D eigenvalue weighted by Crippen LogP contribution is -2.45. The average molecular weight is 261 g/mol. The molecule has 4 nitrogen and oxygen atoms in total. The van der Waals surface area contributed by atoms with Gasteiger partial charge in [0.15, 0.2) is 0 Å². The Morgan fingerprint density at radius 2 is 2.05 bits per heavy atom. The lowest BCUT2D eigenvalue weighted by Gasteiger charge is -2.35. The molecule has 2 rings (SSSR count). The van der Waals surface area contributed by atoms with Crippen molar-refractivity contribution < 1.29 is 4.79 Å². The van der Waals surface area contributed by atoms with Gasteiger partial charge in [0.25, 0.3) is 5.91 Å². The molecule has 1 unspecified atom stereocenters. The molecule has 1 fully saturated rings. The summed E-state index contributed by atoms with van der Waals surface area (Å²) in [6.07, 6.45) is 5.82. The van der Waals surface area contributed by atoms with Crippen LogP contribution in [-0.2, 0) is 0 Å². The van der Waals surface area contributed by atoms with Crippen LogP contribution in [-0.4, -0.2) is 41.5 Å². The molecule has 1 aromatic heterocycles. The summed E-state index contributed by atoms with van der Waals surface area (Å²) in [5.41, 5.74) is 0.675. The molecule has 0 saturated carbocycles. The number of nitrogens with zero attached hydrogens (tertiary/aromatic N) is 2. The number of amides is 1. The number of carbonyl (C=O) groups excluding carboxylic acids is 1. The summed E-state index contributed by atoms with van der Waals surface area (Å²) < 4.78 is 0. The van der Waals surface area contributed by atoms with E-state index in [9.17, 15) is 4.79 Å². The monoisotopic (exact) mass is 261 g/mol. The molecule has 0 radical (unpaired) electrons. The zero-order chi connectivity index (χ0) is 13.7. The molecule has 1 aromatic rings. The van der Waals surface area contributed by atoms with Crippen LogP contribution < -0.4 is 5.32 Å². The van der Waals surface area contributed by atoms with Crippen LogP contribution in [0.15, 0.2) is 24.5 Å². The highest BCUT2D eigenvalue weighted by atomic mass is 16.1. The van der Waals surface area contributed by atoms with E-state index in [0.29, 0.717) is 18.2 Å². The van der Waals surface area contributed by atoms with Gasteiger partial charge in [0.05, 0.1) is 0 Å². The largest absolute Gasteiger partial charge is 0.350 e. The first-order chi connectivity index (χ1) is 9.16. The highest BCUT2D eigenvalue weighted by molar-refractivity contribution is 5.93. The van der Waals surface area contributed by atoms with Crippen molar-refractivity contribution in [2.24, 2.45) is 5.92 Å². The van der Waals surface area contributed by atoms with E-state index in [0.717, 1.165) is 19.0 Å². The number of aromatic nitrogens is 1. The van der Waals surface area contributed by atoms with Gasteiger partial charge in [-0.15, -0.1) is 0 Å². The van der Waals surface area contributed by atoms with Crippen LogP contribution in [0.3, 0.4) is 0 Å². The van der Waals surface area contributed by atoms with Gasteiger partial charge in [0.1, 0.15) is 0 Å². The van der Waals surface area contributed by atoms with Gasteiger partial charge in [-0.2, -0.15) is 0 Å². The topological polar surface area (TPSA) is 45.2 Å². The van der Waals surface area contributed by atoms with E-state index in [1.54, 1.807) is 24.5 Å². The second-order valence-corrected chi connectivity index (χ2v) is 5.51. The van der Waals surface area contributed by atoms with Crippen LogP contribution in [0, 0.1) is 5.92 Å². The SMILES string of the molecule is CC1CCN(C(C)CNC(=O)c2ccncc2)CC1. The molecule has 1 amide bonds. The van der Waals surface area contributed by atoms with Crippen molar-refractivity contribution in [2.75, 3.05) is 19.6 Å². The molecule has 0 spiro atoms. The Morgan fingerprint density at radius 3 is 2.68 bits per heavy atom. The average Bonchev–Trinajstić information content (AvgIpc) is 2.46. The minimum absolute atomic E-state index is 0.0142. The van der Waals surface area contributed by atoms with Gasteiger partial charge in [-0.3, -0.25) is 14.7 Å². The Hall–Kier alpha value is -1.42. The molecular weight excluding hydrogens is 238 g/mol. The number of hydrogen-bond donors (Lipinski definition) is 1. The first kappa shape index (κ1) is 14.0. The van der Waals surface area contributed by atoms with Crippen LogP contribution in [0.4, 0.5) is 0 Å². The quantitative estimate of drug-likeness (QED) is 0.901. The number of piperidine rings is 1. The third kappa shape index (κ3) is 4.03. The molecule has 104 valence electrons. The summed E-state index contributed by atoms with van der Waals surface area (Å²) in [5, 5.41) is 3.00. The third-order valence-electron chi connectivity index (χ3n) is 3.94. The number of nitrogens with one attached hydrogen (secondary N) is 1. The zero-order valence-corrected chi connectivity index (χ0v) is 11.8. The Labute approximate surface area is 115 Å². The Balaban J connectivity index is 1.77. The molecule has 1 atom stereocenters. The maximum Gasteiger partial charge on any atom is 0.251 e. The Morgan fingerprint density at radius 1 is 1.42 bits per heavy atom. The fourth-order valence-corrected chi connectivity index (χ4v) is 2.44. The second kappa shape index (κ2) is 6.66. The van der Waals surface area contributed by atoms with E-state index < -0.39 is 0 Å². The summed E-state index contributed by atoms with van der Waals surface area (Å²) in [6, 6.07) is 3.88. The normalized spacial score (nSPS) is 19.1. The van der Waals surface area contributed by atoms with Gasteiger partial charge in [-0.05, 0) is 50.9 Å². The third-order valence-corrected chi connectivity index (χ3v) is 3.94. The highest BCUT2D eigenvalue weighted by Gasteiger charge is 2.20. The van der Waals surface area contributed by atoms with E-state index in [4.69, 9.17) is 0 Å². The van der Waals surface area contributed by atoms with Gasteiger partial charge < -0.3 is 5.32 Å². The van der Waals surface area contributed by atoms with E-state index in [2.05, 4.69) is 29.0 Å². The van der Waals surface area contributed by atoms with Crippen molar-refractivity contribution in [3.05, 3.63) is 30.1 Å². The van der Waals surface area contributed by atoms with Crippen LogP contribution >= 0.6 is 0 Å². The number of carbonyl (C=O) groups is 1. The highest BCUT2D eigenvalue weighted by Crippen LogP contribution is 2.17. The number of pyridine rings is 1. The van der Waals surface area contributed by atoms with Crippen molar-refractivity contribution in [3.8, 4) is 0 Å². The predicted molar refractivity (Wildman–Crippen MR) is 76.0 cm³/mol. The summed E-state index contributed by atoms with van der Waals surface area (Å²) >= 11 is 0. The molecule has 0 bridgehead atoms. The smallest absolute Gasteiger partial charge is 0.251 e. The van der Waals surface area contributed by atoms with Crippen molar-refractivity contribution in [2.45, 2.75) is 32.7 Å². The van der Waals surface area contributed by atoms with Crippen molar-refractivity contribution in [1.29, 1.82) is 0 Å². The molecular formula is C15H23N3O. The van der Waals surface area contributed by atoms with Crippen LogP contribution in [0.1, 0.15) is 37.0 Å². The van der Waals surface area contributed by atoms with Crippen LogP contribution in [0.2, 0.25) is 0 Å². The first-order valence-electron chi connectivity index (χ1n) is 7.09. The Bertz CT molecular complexity index is 399. The molecule has 2 heterocycles. The number of likely N-dealkylation sites (tertiary alicyclic amines) is 1. The van der Waals surface area contributed by atoms with E-state index in [1.165, 1.54) is 12.8 Å². The van der Waals surface area contributed by atoms with Gasteiger partial charge in [0, 0.05) is 30.5 Å². The Kier molecular flexibility index (Phi) is 4.91. The molecule has 1 saturated heterocycles. The van der Waals surface area contributed by atoms with Gasteiger partial charge in [0.2, 0.25) is 0 Å². The molecule has 1 N–H and O–H groups in total. The maximum absolute atomic E-state index is 11.9. The lowest BCUT2D eigenvalue weighted by molar-refractivity contribution is 0.0921. The van der Waals surface area contributed by atoms with Crippen molar-refractivity contribution in [3.63, 3.8) is 0 Å². The number of rotatable bonds is 4. The fourth-order valence-electron chi connectivity index (χ4n) is 2.44.